The lowest BCUT2D eigenvalue weighted by atomic mass is 10.00. The molecule has 0 aliphatic heterocycles. The van der Waals surface area contributed by atoms with Crippen molar-refractivity contribution < 1.29 is 9.53 Å². The largest absolute Gasteiger partial charge is 0.466 e. The van der Waals surface area contributed by atoms with Crippen LogP contribution in [0, 0.1) is 0 Å². The Balaban J connectivity index is 0.000000160. The Morgan fingerprint density at radius 3 is 2.25 bits per heavy atom. The molecule has 16 heavy (non-hydrogen) atoms. The Morgan fingerprint density at radius 1 is 1.38 bits per heavy atom. The number of rotatable bonds is 2. The molecule has 0 radical (unpaired) electrons. The molecule has 0 unspecified atom stereocenters. The molecule has 0 saturated heterocycles. The van der Waals surface area contributed by atoms with Crippen molar-refractivity contribution in [2.24, 2.45) is 0 Å². The van der Waals surface area contributed by atoms with Crippen LogP contribution in [0.3, 0.4) is 0 Å². The molecule has 1 aromatic carbocycles. The van der Waals surface area contributed by atoms with Crippen molar-refractivity contribution in [1.82, 2.24) is 0 Å². The highest BCUT2D eigenvalue weighted by Gasteiger charge is 2.13. The lowest BCUT2D eigenvalue weighted by molar-refractivity contribution is -0.136. The van der Waals surface area contributed by atoms with Crippen LogP contribution in [0.2, 0.25) is 0 Å². The third kappa shape index (κ3) is 3.73. The number of allylic oxidation sites excluding steroid dienone is 1. The highest BCUT2D eigenvalue weighted by atomic mass is 16.5. The van der Waals surface area contributed by atoms with Gasteiger partial charge in [0.05, 0.1) is 7.11 Å². The lowest BCUT2D eigenvalue weighted by Gasteiger charge is -2.09. The standard InChI is InChI=1S/C8H8.C6H8O2/c1-2-8-6-4-3-5-7-8;1-8-6(7)5-3-2-4-5/h2-7H,1H2;3H,2,4H2,1H3. The lowest BCUT2D eigenvalue weighted by Crippen LogP contribution is -2.09. The van der Waals surface area contributed by atoms with Gasteiger partial charge in [-0.05, 0) is 18.4 Å². The van der Waals surface area contributed by atoms with E-state index < -0.39 is 0 Å². The number of ether oxygens (including phenoxy) is 1. The predicted molar refractivity (Wildman–Crippen MR) is 65.9 cm³/mol. The molecule has 2 heteroatoms. The van der Waals surface area contributed by atoms with Crippen molar-refractivity contribution in [1.29, 1.82) is 0 Å². The van der Waals surface area contributed by atoms with Crippen molar-refractivity contribution in [3.05, 3.63) is 54.1 Å². The molecule has 0 saturated carbocycles. The summed E-state index contributed by atoms with van der Waals surface area (Å²) in [5.74, 6) is -0.170. The number of carbonyl (C=O) groups is 1. The van der Waals surface area contributed by atoms with Crippen LogP contribution in [0.5, 0.6) is 0 Å². The van der Waals surface area contributed by atoms with Gasteiger partial charge in [-0.15, -0.1) is 0 Å². The maximum Gasteiger partial charge on any atom is 0.333 e. The Labute approximate surface area is 96.2 Å². The normalized spacial score (nSPS) is 12.4. The van der Waals surface area contributed by atoms with E-state index in [2.05, 4.69) is 11.3 Å². The summed E-state index contributed by atoms with van der Waals surface area (Å²) < 4.78 is 4.45. The fraction of sp³-hybridized carbons (Fsp3) is 0.214. The average Bonchev–Trinajstić information content (AvgIpc) is 2.28. The van der Waals surface area contributed by atoms with Gasteiger partial charge < -0.3 is 4.74 Å². The molecule has 0 fully saturated rings. The van der Waals surface area contributed by atoms with Crippen molar-refractivity contribution in [2.45, 2.75) is 12.8 Å². The van der Waals surface area contributed by atoms with Crippen molar-refractivity contribution in [2.75, 3.05) is 7.11 Å². The van der Waals surface area contributed by atoms with Gasteiger partial charge >= 0.3 is 5.97 Å². The van der Waals surface area contributed by atoms with Crippen molar-refractivity contribution >= 4 is 12.0 Å². The van der Waals surface area contributed by atoms with E-state index in [0.29, 0.717) is 0 Å². The summed E-state index contributed by atoms with van der Waals surface area (Å²) in [4.78, 5) is 10.5. The molecule has 84 valence electrons. The van der Waals surface area contributed by atoms with Crippen LogP contribution in [-0.2, 0) is 9.53 Å². The minimum Gasteiger partial charge on any atom is -0.466 e. The zero-order chi connectivity index (χ0) is 11.8. The first-order chi connectivity index (χ1) is 7.77. The van der Waals surface area contributed by atoms with Gasteiger partial charge in [0, 0.05) is 5.57 Å². The van der Waals surface area contributed by atoms with Crippen LogP contribution < -0.4 is 0 Å². The average molecular weight is 216 g/mol. The predicted octanol–water partition coefficient (Wildman–Crippen LogP) is 3.21. The first-order valence-electron chi connectivity index (χ1n) is 5.22. The maximum atomic E-state index is 10.5. The maximum absolute atomic E-state index is 10.5. The number of hydrogen-bond donors (Lipinski definition) is 0. The molecule has 0 amide bonds. The molecular formula is C14H16O2. The van der Waals surface area contributed by atoms with E-state index in [-0.39, 0.29) is 5.97 Å². The Kier molecular flexibility index (Phi) is 5.06. The SMILES string of the molecule is C=Cc1ccccc1.COC(=O)C1=CCC1. The Morgan fingerprint density at radius 2 is 2.00 bits per heavy atom. The van der Waals surface area contributed by atoms with Crippen LogP contribution in [0.4, 0.5) is 0 Å². The summed E-state index contributed by atoms with van der Waals surface area (Å²) in [6, 6.07) is 10.0. The molecule has 0 spiro atoms. The molecule has 2 nitrogen and oxygen atoms in total. The van der Waals surface area contributed by atoms with E-state index in [0.717, 1.165) is 18.4 Å². The summed E-state index contributed by atoms with van der Waals surface area (Å²) in [7, 11) is 1.40. The Hall–Kier alpha value is -1.83. The smallest absolute Gasteiger partial charge is 0.333 e. The van der Waals surface area contributed by atoms with Gasteiger partial charge in [-0.1, -0.05) is 49.1 Å². The quantitative estimate of drug-likeness (QED) is 0.709. The number of benzene rings is 1. The highest BCUT2D eigenvalue weighted by Crippen LogP contribution is 2.18. The molecule has 0 atom stereocenters. The Bertz CT molecular complexity index is 377. The monoisotopic (exact) mass is 216 g/mol. The zero-order valence-corrected chi connectivity index (χ0v) is 9.48. The number of esters is 1. The summed E-state index contributed by atoms with van der Waals surface area (Å²) in [5.41, 5.74) is 2.00. The van der Waals surface area contributed by atoms with E-state index in [1.807, 2.05) is 42.5 Å². The van der Waals surface area contributed by atoms with Gasteiger partial charge in [-0.25, -0.2) is 4.79 Å². The fourth-order valence-electron chi connectivity index (χ4n) is 1.19. The summed E-state index contributed by atoms with van der Waals surface area (Å²) in [6.07, 6.45) is 5.66. The molecule has 1 aliphatic rings. The molecule has 2 rings (SSSR count). The van der Waals surface area contributed by atoms with E-state index in [1.165, 1.54) is 12.7 Å². The molecule has 1 aromatic rings. The summed E-state index contributed by atoms with van der Waals surface area (Å²) >= 11 is 0. The van der Waals surface area contributed by atoms with E-state index >= 15 is 0 Å². The van der Waals surface area contributed by atoms with E-state index in [1.54, 1.807) is 0 Å². The van der Waals surface area contributed by atoms with Gasteiger partial charge in [-0.2, -0.15) is 0 Å². The van der Waals surface area contributed by atoms with Crippen LogP contribution in [-0.4, -0.2) is 13.1 Å². The number of carbonyl (C=O) groups excluding carboxylic acids is 1. The molecule has 1 aliphatic carbocycles. The van der Waals surface area contributed by atoms with Crippen LogP contribution in [0.25, 0.3) is 6.08 Å². The fourth-order valence-corrected chi connectivity index (χ4v) is 1.19. The topological polar surface area (TPSA) is 26.3 Å². The van der Waals surface area contributed by atoms with E-state index in [9.17, 15) is 4.79 Å². The van der Waals surface area contributed by atoms with Crippen molar-refractivity contribution in [3.63, 3.8) is 0 Å². The second-order valence-corrected chi connectivity index (χ2v) is 3.37. The summed E-state index contributed by atoms with van der Waals surface area (Å²) in [6.45, 7) is 3.63. The zero-order valence-electron chi connectivity index (χ0n) is 9.48. The minimum absolute atomic E-state index is 0.170. The molecule has 0 N–H and O–H groups in total. The van der Waals surface area contributed by atoms with Gasteiger partial charge in [0.1, 0.15) is 0 Å². The van der Waals surface area contributed by atoms with E-state index in [4.69, 9.17) is 0 Å². The molecule has 0 heterocycles. The van der Waals surface area contributed by atoms with Crippen molar-refractivity contribution in [3.8, 4) is 0 Å². The number of hydrogen-bond acceptors (Lipinski definition) is 2. The van der Waals surface area contributed by atoms with Gasteiger partial charge in [0.15, 0.2) is 0 Å². The van der Waals surface area contributed by atoms with Gasteiger partial charge in [0.2, 0.25) is 0 Å². The van der Waals surface area contributed by atoms with Crippen LogP contribution in [0.1, 0.15) is 18.4 Å². The van der Waals surface area contributed by atoms with Crippen LogP contribution >= 0.6 is 0 Å². The first-order valence-corrected chi connectivity index (χ1v) is 5.22. The van der Waals surface area contributed by atoms with Crippen LogP contribution in [0.15, 0.2) is 48.6 Å². The van der Waals surface area contributed by atoms with Gasteiger partial charge in [-0.3, -0.25) is 0 Å². The highest BCUT2D eigenvalue weighted by molar-refractivity contribution is 5.89. The van der Waals surface area contributed by atoms with Gasteiger partial charge in [0.25, 0.3) is 0 Å². The third-order valence-corrected chi connectivity index (χ3v) is 2.29. The second kappa shape index (κ2) is 6.62. The third-order valence-electron chi connectivity index (χ3n) is 2.29. The summed E-state index contributed by atoms with van der Waals surface area (Å²) in [5, 5.41) is 0. The molecule has 0 bridgehead atoms. The number of methoxy groups -OCH3 is 1. The first kappa shape index (κ1) is 12.2. The molecular weight excluding hydrogens is 200 g/mol. The second-order valence-electron chi connectivity index (χ2n) is 3.37. The molecule has 0 aromatic heterocycles. The minimum atomic E-state index is -0.170.